The van der Waals surface area contributed by atoms with Crippen molar-refractivity contribution in [3.05, 3.63) is 35.9 Å². The number of hydrogen-bond donors (Lipinski definition) is 1. The fourth-order valence-corrected chi connectivity index (χ4v) is 2.83. The van der Waals surface area contributed by atoms with Gasteiger partial charge in [0.15, 0.2) is 0 Å². The molecule has 0 aromatic heterocycles. The van der Waals surface area contributed by atoms with Gasteiger partial charge in [-0.25, -0.2) is 0 Å². The van der Waals surface area contributed by atoms with Crippen molar-refractivity contribution < 1.29 is 0 Å². The van der Waals surface area contributed by atoms with E-state index < -0.39 is 0 Å². The normalized spacial score (nSPS) is 28.8. The van der Waals surface area contributed by atoms with E-state index in [2.05, 4.69) is 49.5 Å². The minimum Gasteiger partial charge on any atom is -0.316 e. The lowest BCUT2D eigenvalue weighted by molar-refractivity contribution is 0.134. The lowest BCUT2D eigenvalue weighted by atomic mass is 9.57. The largest absolute Gasteiger partial charge is 0.316 e. The summed E-state index contributed by atoms with van der Waals surface area (Å²) in [4.78, 5) is 0. The van der Waals surface area contributed by atoms with Gasteiger partial charge in [0.05, 0.1) is 0 Å². The van der Waals surface area contributed by atoms with Crippen molar-refractivity contribution in [1.82, 2.24) is 5.32 Å². The van der Waals surface area contributed by atoms with E-state index in [1.54, 1.807) is 0 Å². The van der Waals surface area contributed by atoms with Gasteiger partial charge in [-0.3, -0.25) is 0 Å². The summed E-state index contributed by atoms with van der Waals surface area (Å²) in [6, 6.07) is 11.0. The smallest absolute Gasteiger partial charge is 0.0103 e. The first-order valence-electron chi connectivity index (χ1n) is 6.56. The summed E-state index contributed by atoms with van der Waals surface area (Å²) in [7, 11) is 0. The molecule has 1 heteroatoms. The van der Waals surface area contributed by atoms with Crippen molar-refractivity contribution in [2.45, 2.75) is 38.5 Å². The maximum atomic E-state index is 3.61. The second-order valence-corrected chi connectivity index (χ2v) is 5.14. The Morgan fingerprint density at radius 2 is 2.06 bits per heavy atom. The van der Waals surface area contributed by atoms with Crippen LogP contribution >= 0.6 is 0 Å². The zero-order valence-electron chi connectivity index (χ0n) is 10.5. The standard InChI is InChI=1S/C15H23N/c1-3-11-16-12-15(10-9-13(15)2)14-7-5-4-6-8-14/h4-8,13,16H,3,9-12H2,1-2H3. The van der Waals surface area contributed by atoms with E-state index in [1.165, 1.54) is 24.8 Å². The Labute approximate surface area is 99.3 Å². The fraction of sp³-hybridized carbons (Fsp3) is 0.600. The van der Waals surface area contributed by atoms with Crippen molar-refractivity contribution >= 4 is 0 Å². The number of rotatable bonds is 5. The Balaban J connectivity index is 2.10. The molecule has 88 valence electrons. The van der Waals surface area contributed by atoms with Crippen molar-refractivity contribution in [1.29, 1.82) is 0 Å². The Morgan fingerprint density at radius 3 is 2.56 bits per heavy atom. The van der Waals surface area contributed by atoms with Crippen LogP contribution in [0.4, 0.5) is 0 Å². The molecule has 0 amide bonds. The van der Waals surface area contributed by atoms with E-state index in [9.17, 15) is 0 Å². The first kappa shape index (κ1) is 11.7. The molecule has 16 heavy (non-hydrogen) atoms. The van der Waals surface area contributed by atoms with Gasteiger partial charge in [-0.1, -0.05) is 44.2 Å². The minimum atomic E-state index is 0.413. The molecular formula is C15H23N. The van der Waals surface area contributed by atoms with Crippen LogP contribution in [0.25, 0.3) is 0 Å². The lowest BCUT2D eigenvalue weighted by Gasteiger charge is -2.49. The van der Waals surface area contributed by atoms with E-state index in [1.807, 2.05) is 0 Å². The van der Waals surface area contributed by atoms with Gasteiger partial charge in [-0.2, -0.15) is 0 Å². The highest BCUT2D eigenvalue weighted by molar-refractivity contribution is 5.30. The number of nitrogens with one attached hydrogen (secondary N) is 1. The minimum absolute atomic E-state index is 0.413. The first-order chi connectivity index (χ1) is 7.79. The maximum absolute atomic E-state index is 3.61. The third-order valence-electron chi connectivity index (χ3n) is 4.18. The second kappa shape index (κ2) is 5.01. The van der Waals surface area contributed by atoms with Gasteiger partial charge < -0.3 is 5.32 Å². The highest BCUT2D eigenvalue weighted by Crippen LogP contribution is 2.48. The zero-order valence-corrected chi connectivity index (χ0v) is 10.5. The Morgan fingerprint density at radius 1 is 1.31 bits per heavy atom. The average molecular weight is 217 g/mol. The van der Waals surface area contributed by atoms with Crippen LogP contribution in [0.15, 0.2) is 30.3 Å². The van der Waals surface area contributed by atoms with Crippen molar-refractivity contribution in [2.75, 3.05) is 13.1 Å². The molecule has 1 fully saturated rings. The van der Waals surface area contributed by atoms with E-state index in [-0.39, 0.29) is 0 Å². The van der Waals surface area contributed by atoms with Gasteiger partial charge in [0.1, 0.15) is 0 Å². The summed E-state index contributed by atoms with van der Waals surface area (Å²) in [5, 5.41) is 3.61. The average Bonchev–Trinajstić information content (AvgIpc) is 2.34. The third kappa shape index (κ3) is 2.01. The highest BCUT2D eigenvalue weighted by atomic mass is 14.9. The van der Waals surface area contributed by atoms with Crippen LogP contribution in [0.5, 0.6) is 0 Å². The van der Waals surface area contributed by atoms with Crippen LogP contribution in [0.3, 0.4) is 0 Å². The van der Waals surface area contributed by atoms with Crippen LogP contribution in [0, 0.1) is 5.92 Å². The van der Waals surface area contributed by atoms with Crippen molar-refractivity contribution in [3.8, 4) is 0 Å². The van der Waals surface area contributed by atoms with Crippen molar-refractivity contribution in [3.63, 3.8) is 0 Å². The molecule has 0 bridgehead atoms. The van der Waals surface area contributed by atoms with Crippen LogP contribution in [0.1, 0.15) is 38.7 Å². The Kier molecular flexibility index (Phi) is 3.65. The summed E-state index contributed by atoms with van der Waals surface area (Å²) in [5.74, 6) is 0.819. The topological polar surface area (TPSA) is 12.0 Å². The monoisotopic (exact) mass is 217 g/mol. The highest BCUT2D eigenvalue weighted by Gasteiger charge is 2.44. The molecule has 0 saturated heterocycles. The van der Waals surface area contributed by atoms with Crippen LogP contribution in [-0.4, -0.2) is 13.1 Å². The van der Waals surface area contributed by atoms with Crippen molar-refractivity contribution in [2.24, 2.45) is 5.92 Å². The van der Waals surface area contributed by atoms with Crippen LogP contribution < -0.4 is 5.32 Å². The summed E-state index contributed by atoms with van der Waals surface area (Å²) in [6.07, 6.45) is 3.94. The Hall–Kier alpha value is -0.820. The lowest BCUT2D eigenvalue weighted by Crippen LogP contribution is -2.50. The summed E-state index contributed by atoms with van der Waals surface area (Å²) >= 11 is 0. The molecule has 1 aromatic carbocycles. The van der Waals surface area contributed by atoms with Gasteiger partial charge in [0.2, 0.25) is 0 Å². The molecule has 1 N–H and O–H groups in total. The summed E-state index contributed by atoms with van der Waals surface area (Å²) in [5.41, 5.74) is 1.94. The molecule has 2 unspecified atom stereocenters. The molecular weight excluding hydrogens is 194 g/mol. The molecule has 1 saturated carbocycles. The predicted molar refractivity (Wildman–Crippen MR) is 69.7 cm³/mol. The summed E-state index contributed by atoms with van der Waals surface area (Å²) < 4.78 is 0. The number of hydrogen-bond acceptors (Lipinski definition) is 1. The van der Waals surface area contributed by atoms with Gasteiger partial charge >= 0.3 is 0 Å². The molecule has 0 radical (unpaired) electrons. The van der Waals surface area contributed by atoms with Gasteiger partial charge in [-0.15, -0.1) is 0 Å². The van der Waals surface area contributed by atoms with Crippen LogP contribution in [0.2, 0.25) is 0 Å². The molecule has 1 aromatic rings. The van der Waals surface area contributed by atoms with E-state index in [0.29, 0.717) is 5.41 Å². The van der Waals surface area contributed by atoms with Gasteiger partial charge in [0, 0.05) is 12.0 Å². The maximum Gasteiger partial charge on any atom is 0.0103 e. The quantitative estimate of drug-likeness (QED) is 0.746. The van der Waals surface area contributed by atoms with Crippen LogP contribution in [-0.2, 0) is 5.41 Å². The predicted octanol–water partition coefficient (Wildman–Crippen LogP) is 3.35. The molecule has 0 aliphatic heterocycles. The SMILES string of the molecule is CCCNCC1(c2ccccc2)CCC1C. The molecule has 2 rings (SSSR count). The van der Waals surface area contributed by atoms with E-state index in [0.717, 1.165) is 19.0 Å². The van der Waals surface area contributed by atoms with Gasteiger partial charge in [0.25, 0.3) is 0 Å². The Bertz CT molecular complexity index is 319. The molecule has 0 spiro atoms. The second-order valence-electron chi connectivity index (χ2n) is 5.14. The summed E-state index contributed by atoms with van der Waals surface area (Å²) in [6.45, 7) is 6.91. The van der Waals surface area contributed by atoms with Gasteiger partial charge in [-0.05, 0) is 37.3 Å². The zero-order chi connectivity index (χ0) is 11.4. The molecule has 2 atom stereocenters. The van der Waals surface area contributed by atoms with E-state index in [4.69, 9.17) is 0 Å². The molecule has 0 heterocycles. The van der Waals surface area contributed by atoms with E-state index >= 15 is 0 Å². The molecule has 1 aliphatic rings. The first-order valence-corrected chi connectivity index (χ1v) is 6.56. The molecule has 1 nitrogen and oxygen atoms in total. The molecule has 1 aliphatic carbocycles. The number of benzene rings is 1. The fourth-order valence-electron chi connectivity index (χ4n) is 2.83. The third-order valence-corrected chi connectivity index (χ3v) is 4.18.